The number of carbonyl (C=O) groups is 1. The molecule has 2 N–H and O–H groups in total. The molecule has 0 bridgehead atoms. The molecule has 1 heterocycles. The van der Waals surface area contributed by atoms with Gasteiger partial charge < -0.3 is 14.8 Å². The number of halogens is 1. The fourth-order valence-electron chi connectivity index (χ4n) is 1.54. The summed E-state index contributed by atoms with van der Waals surface area (Å²) >= 11 is 5.62. The number of hydrogen-bond acceptors (Lipinski definition) is 4. The van der Waals surface area contributed by atoms with Gasteiger partial charge in [-0.3, -0.25) is 9.69 Å². The van der Waals surface area contributed by atoms with E-state index in [0.29, 0.717) is 18.8 Å². The zero-order valence-corrected chi connectivity index (χ0v) is 12.3. The molecule has 0 aliphatic rings. The van der Waals surface area contributed by atoms with Gasteiger partial charge in [-0.1, -0.05) is 0 Å². The van der Waals surface area contributed by atoms with Gasteiger partial charge in [-0.25, -0.2) is 0 Å². The number of nitrogens with zero attached hydrogens (tertiary/aromatic N) is 1. The van der Waals surface area contributed by atoms with Crippen molar-refractivity contribution in [2.24, 2.45) is 0 Å². The molecule has 1 rings (SSSR count). The number of likely N-dealkylation sites (N-methyl/N-ethyl adjacent to an activating group) is 1. The molecule has 6 heteroatoms. The van der Waals surface area contributed by atoms with Crippen LogP contribution >= 0.6 is 11.6 Å². The predicted molar refractivity (Wildman–Crippen MR) is 74.4 cm³/mol. The van der Waals surface area contributed by atoms with E-state index in [-0.39, 0.29) is 29.7 Å². The molecule has 0 saturated heterocycles. The van der Waals surface area contributed by atoms with Gasteiger partial charge >= 0.3 is 0 Å². The SMILES string of the molecule is CN(CCO)C(C)(C)CNC(=O)c1ccc(CCl)o1. The highest BCUT2D eigenvalue weighted by Crippen LogP contribution is 2.12. The van der Waals surface area contributed by atoms with Crippen molar-refractivity contribution in [1.82, 2.24) is 10.2 Å². The third-order valence-electron chi connectivity index (χ3n) is 3.17. The second-order valence-corrected chi connectivity index (χ2v) is 5.31. The number of β-amino-alcohol motifs (C(OH)–C–C–N with tert-alkyl or cyclic N) is 1. The Morgan fingerprint density at radius 2 is 2.21 bits per heavy atom. The quantitative estimate of drug-likeness (QED) is 0.746. The molecule has 0 atom stereocenters. The Hall–Kier alpha value is -1.04. The zero-order valence-electron chi connectivity index (χ0n) is 11.6. The fourth-order valence-corrected chi connectivity index (χ4v) is 1.69. The van der Waals surface area contributed by atoms with Crippen LogP contribution in [0, 0.1) is 0 Å². The van der Waals surface area contributed by atoms with Crippen LogP contribution in [0.2, 0.25) is 0 Å². The van der Waals surface area contributed by atoms with Crippen LogP contribution in [-0.4, -0.2) is 48.2 Å². The van der Waals surface area contributed by atoms with Crippen molar-refractivity contribution in [3.8, 4) is 0 Å². The Labute approximate surface area is 118 Å². The van der Waals surface area contributed by atoms with E-state index in [0.717, 1.165) is 0 Å². The number of amides is 1. The molecule has 0 aliphatic carbocycles. The lowest BCUT2D eigenvalue weighted by Gasteiger charge is -2.35. The number of aliphatic hydroxyl groups is 1. The van der Waals surface area contributed by atoms with Crippen molar-refractivity contribution in [3.63, 3.8) is 0 Å². The summed E-state index contributed by atoms with van der Waals surface area (Å²) in [7, 11) is 1.90. The second-order valence-electron chi connectivity index (χ2n) is 5.04. The lowest BCUT2D eigenvalue weighted by Crippen LogP contribution is -2.50. The van der Waals surface area contributed by atoms with Crippen molar-refractivity contribution < 1.29 is 14.3 Å². The molecule has 0 aliphatic heterocycles. The number of nitrogens with one attached hydrogen (secondary N) is 1. The smallest absolute Gasteiger partial charge is 0.287 e. The Balaban J connectivity index is 2.53. The number of rotatable bonds is 7. The zero-order chi connectivity index (χ0) is 14.5. The van der Waals surface area contributed by atoms with Crippen LogP contribution in [0.1, 0.15) is 30.2 Å². The average molecular weight is 289 g/mol. The van der Waals surface area contributed by atoms with Crippen LogP contribution in [-0.2, 0) is 5.88 Å². The van der Waals surface area contributed by atoms with Gasteiger partial charge in [0.05, 0.1) is 12.5 Å². The third-order valence-corrected chi connectivity index (χ3v) is 3.43. The van der Waals surface area contributed by atoms with E-state index < -0.39 is 0 Å². The van der Waals surface area contributed by atoms with Gasteiger partial charge in [0.1, 0.15) is 5.76 Å². The molecule has 0 fully saturated rings. The molecular weight excluding hydrogens is 268 g/mol. The Kier molecular flexibility index (Phi) is 5.85. The number of alkyl halides is 1. The highest BCUT2D eigenvalue weighted by atomic mass is 35.5. The highest BCUT2D eigenvalue weighted by Gasteiger charge is 2.24. The molecule has 1 aromatic rings. The Morgan fingerprint density at radius 3 is 2.74 bits per heavy atom. The van der Waals surface area contributed by atoms with Gasteiger partial charge in [0, 0.05) is 18.6 Å². The van der Waals surface area contributed by atoms with E-state index in [1.165, 1.54) is 0 Å². The first-order valence-electron chi connectivity index (χ1n) is 6.15. The molecule has 1 aromatic heterocycles. The first-order valence-corrected chi connectivity index (χ1v) is 6.69. The predicted octanol–water partition coefficient (Wildman–Crippen LogP) is 1.45. The fraction of sp³-hybridized carbons (Fsp3) is 0.615. The second kappa shape index (κ2) is 6.93. The van der Waals surface area contributed by atoms with Crippen molar-refractivity contribution in [1.29, 1.82) is 0 Å². The molecule has 0 saturated carbocycles. The van der Waals surface area contributed by atoms with E-state index >= 15 is 0 Å². The van der Waals surface area contributed by atoms with Crippen LogP contribution in [0.3, 0.4) is 0 Å². The van der Waals surface area contributed by atoms with Crippen LogP contribution in [0.25, 0.3) is 0 Å². The van der Waals surface area contributed by atoms with E-state index in [4.69, 9.17) is 21.1 Å². The minimum atomic E-state index is -0.262. The first kappa shape index (κ1) is 16.0. The van der Waals surface area contributed by atoms with E-state index in [1.807, 2.05) is 25.8 Å². The standard InChI is InChI=1S/C13H21ClN2O3/c1-13(2,16(3)6-7-17)9-15-12(18)11-5-4-10(8-14)19-11/h4-5,17H,6-9H2,1-3H3,(H,15,18). The summed E-state index contributed by atoms with van der Waals surface area (Å²) in [5.41, 5.74) is -0.250. The molecule has 1 amide bonds. The highest BCUT2D eigenvalue weighted by molar-refractivity contribution is 6.16. The first-order chi connectivity index (χ1) is 8.90. The molecule has 0 unspecified atom stereocenters. The van der Waals surface area contributed by atoms with Gasteiger partial charge in [-0.05, 0) is 33.0 Å². The monoisotopic (exact) mass is 288 g/mol. The minimum Gasteiger partial charge on any atom is -0.455 e. The van der Waals surface area contributed by atoms with Crippen molar-refractivity contribution in [2.45, 2.75) is 25.3 Å². The van der Waals surface area contributed by atoms with Crippen LogP contribution in [0.15, 0.2) is 16.5 Å². The van der Waals surface area contributed by atoms with Crippen molar-refractivity contribution >= 4 is 17.5 Å². The number of hydrogen-bond donors (Lipinski definition) is 2. The van der Waals surface area contributed by atoms with Crippen molar-refractivity contribution in [3.05, 3.63) is 23.7 Å². The maximum absolute atomic E-state index is 11.9. The molecule has 108 valence electrons. The van der Waals surface area contributed by atoms with Crippen LogP contribution in [0.4, 0.5) is 0 Å². The van der Waals surface area contributed by atoms with Gasteiger partial charge in [0.15, 0.2) is 5.76 Å². The van der Waals surface area contributed by atoms with E-state index in [9.17, 15) is 4.79 Å². The van der Waals surface area contributed by atoms with Crippen LogP contribution < -0.4 is 5.32 Å². The molecule has 0 spiro atoms. The van der Waals surface area contributed by atoms with Crippen LogP contribution in [0.5, 0.6) is 0 Å². The van der Waals surface area contributed by atoms with Crippen molar-refractivity contribution in [2.75, 3.05) is 26.7 Å². The summed E-state index contributed by atoms with van der Waals surface area (Å²) in [4.78, 5) is 13.9. The molecule has 19 heavy (non-hydrogen) atoms. The summed E-state index contributed by atoms with van der Waals surface area (Å²) in [6.07, 6.45) is 0. The average Bonchev–Trinajstić information content (AvgIpc) is 2.85. The minimum absolute atomic E-state index is 0.0884. The van der Waals surface area contributed by atoms with Gasteiger partial charge in [0.2, 0.25) is 0 Å². The molecule has 0 radical (unpaired) electrons. The molecule has 5 nitrogen and oxygen atoms in total. The lowest BCUT2D eigenvalue weighted by molar-refractivity contribution is 0.0854. The van der Waals surface area contributed by atoms with E-state index in [1.54, 1.807) is 12.1 Å². The lowest BCUT2D eigenvalue weighted by atomic mass is 10.0. The normalized spacial score (nSPS) is 11.9. The summed E-state index contributed by atoms with van der Waals surface area (Å²) < 4.78 is 5.27. The Morgan fingerprint density at radius 1 is 1.53 bits per heavy atom. The molecular formula is C13H21ClN2O3. The largest absolute Gasteiger partial charge is 0.455 e. The summed E-state index contributed by atoms with van der Waals surface area (Å²) in [5, 5.41) is 11.7. The van der Waals surface area contributed by atoms with Gasteiger partial charge in [-0.2, -0.15) is 0 Å². The maximum Gasteiger partial charge on any atom is 0.287 e. The van der Waals surface area contributed by atoms with Gasteiger partial charge in [-0.15, -0.1) is 11.6 Å². The topological polar surface area (TPSA) is 65.7 Å². The number of carbonyl (C=O) groups excluding carboxylic acids is 1. The summed E-state index contributed by atoms with van der Waals surface area (Å²) in [6, 6.07) is 3.29. The molecule has 0 aromatic carbocycles. The van der Waals surface area contributed by atoms with E-state index in [2.05, 4.69) is 5.32 Å². The third kappa shape index (κ3) is 4.53. The Bertz CT molecular complexity index is 418. The maximum atomic E-state index is 11.9. The number of aliphatic hydroxyl groups excluding tert-OH is 1. The number of furan rings is 1. The summed E-state index contributed by atoms with van der Waals surface area (Å²) in [5.74, 6) is 0.819. The van der Waals surface area contributed by atoms with Gasteiger partial charge in [0.25, 0.3) is 5.91 Å². The summed E-state index contributed by atoms with van der Waals surface area (Å²) in [6.45, 7) is 5.09.